The number of aliphatic hydroxyl groups excluding tert-OH is 3. The molecule has 0 bridgehead atoms. The lowest BCUT2D eigenvalue weighted by Crippen LogP contribution is -2.63. The fourth-order valence-electron chi connectivity index (χ4n) is 6.40. The number of carbonyl (C=O) groups excluding carboxylic acids is 3. The summed E-state index contributed by atoms with van der Waals surface area (Å²) in [6.07, 6.45) is 1.89. The summed E-state index contributed by atoms with van der Waals surface area (Å²) in [5, 5.41) is 58.8. The van der Waals surface area contributed by atoms with Gasteiger partial charge in [0.25, 0.3) is 5.91 Å². The van der Waals surface area contributed by atoms with E-state index in [9.17, 15) is 39.9 Å². The van der Waals surface area contributed by atoms with Crippen LogP contribution >= 0.6 is 0 Å². The highest BCUT2D eigenvalue weighted by Crippen LogP contribution is 2.56. The standard InChI is InChI=1S/C25H28N2O8/c1-9-11-6-7-13(27-10-4-2-3-5-10)20(30)16(11)21(31)18-15(9)19(29)12-8-14(28)17(24(26)34)22(32)25(12,35)23(18)33/h6-7,9-10,12,15,19,27,29-32,35H,2-5,8H2,1H3,(H2,26,34)/t9-,12+,15+,19+,25+/m0/s1. The number of ketones is 2. The molecule has 0 aliphatic heterocycles. The molecule has 4 aliphatic carbocycles. The minimum atomic E-state index is -2.83. The van der Waals surface area contributed by atoms with E-state index in [0.717, 1.165) is 25.7 Å². The minimum Gasteiger partial charge on any atom is -0.508 e. The van der Waals surface area contributed by atoms with E-state index in [4.69, 9.17) is 5.73 Å². The summed E-state index contributed by atoms with van der Waals surface area (Å²) >= 11 is 0. The predicted octanol–water partition coefficient (Wildman–Crippen LogP) is 1.31. The molecule has 0 spiro atoms. The Balaban J connectivity index is 1.68. The van der Waals surface area contributed by atoms with Crippen molar-refractivity contribution >= 4 is 28.9 Å². The summed E-state index contributed by atoms with van der Waals surface area (Å²) in [5.74, 6) is -8.54. The van der Waals surface area contributed by atoms with E-state index in [1.807, 2.05) is 0 Å². The molecule has 2 fully saturated rings. The normalized spacial score (nSPS) is 32.9. The molecule has 0 unspecified atom stereocenters. The van der Waals surface area contributed by atoms with Gasteiger partial charge in [0, 0.05) is 29.9 Å². The van der Waals surface area contributed by atoms with Crippen LogP contribution in [0.4, 0.5) is 5.69 Å². The molecule has 1 aromatic rings. The first-order chi connectivity index (χ1) is 16.5. The maximum atomic E-state index is 13.7. The van der Waals surface area contributed by atoms with Crippen LogP contribution in [0.2, 0.25) is 0 Å². The molecule has 35 heavy (non-hydrogen) atoms. The van der Waals surface area contributed by atoms with Crippen LogP contribution in [0.25, 0.3) is 5.76 Å². The van der Waals surface area contributed by atoms with Crippen molar-refractivity contribution in [2.75, 3.05) is 5.32 Å². The van der Waals surface area contributed by atoms with Crippen LogP contribution < -0.4 is 11.1 Å². The Bertz CT molecular complexity index is 1230. The molecule has 0 heterocycles. The van der Waals surface area contributed by atoms with E-state index >= 15 is 0 Å². The first-order valence-corrected chi connectivity index (χ1v) is 11.8. The summed E-state index contributed by atoms with van der Waals surface area (Å²) in [6, 6.07) is 3.56. The lowest BCUT2D eigenvalue weighted by Gasteiger charge is -2.50. The third-order valence-corrected chi connectivity index (χ3v) is 8.22. The van der Waals surface area contributed by atoms with E-state index in [0.29, 0.717) is 11.3 Å². The van der Waals surface area contributed by atoms with Crippen molar-refractivity contribution in [3.05, 3.63) is 40.2 Å². The summed E-state index contributed by atoms with van der Waals surface area (Å²) in [5.41, 5.74) is 1.95. The fraction of sp³-hybridized carbons (Fsp3) is 0.480. The molecule has 0 radical (unpaired) electrons. The van der Waals surface area contributed by atoms with Crippen LogP contribution in [0.15, 0.2) is 29.0 Å². The van der Waals surface area contributed by atoms with Crippen molar-refractivity contribution < 1.29 is 39.9 Å². The SMILES string of the molecule is C[C@H]1c2ccc(NC3CCCC3)c(O)c2C(O)=C2C(=O)[C@]3(O)C(O)=C(C(N)=O)C(=O)C[C@@H]3[C@@H](O)[C@@H]21. The lowest BCUT2D eigenvalue weighted by atomic mass is 9.55. The number of hydrogen-bond donors (Lipinski definition) is 7. The number of nitrogens with one attached hydrogen (secondary N) is 1. The van der Waals surface area contributed by atoms with Gasteiger partial charge in [-0.2, -0.15) is 0 Å². The number of phenols is 1. The number of rotatable bonds is 3. The second kappa shape index (κ2) is 7.82. The quantitative estimate of drug-likeness (QED) is 0.245. The maximum absolute atomic E-state index is 13.7. The summed E-state index contributed by atoms with van der Waals surface area (Å²) in [7, 11) is 0. The molecule has 2 saturated carbocycles. The lowest BCUT2D eigenvalue weighted by molar-refractivity contribution is -0.160. The Morgan fingerprint density at radius 2 is 1.80 bits per heavy atom. The average Bonchev–Trinajstić information content (AvgIpc) is 3.31. The number of fused-ring (bicyclic) bond motifs is 3. The number of aliphatic hydroxyl groups is 4. The first kappa shape index (κ1) is 23.4. The third kappa shape index (κ3) is 3.06. The number of Topliss-reactive ketones (excluding diaryl/α,β-unsaturated/α-hetero) is 2. The molecule has 0 saturated heterocycles. The van der Waals surface area contributed by atoms with Gasteiger partial charge in [0.05, 0.1) is 17.4 Å². The Morgan fingerprint density at radius 3 is 2.43 bits per heavy atom. The Hall–Kier alpha value is -3.37. The van der Waals surface area contributed by atoms with Gasteiger partial charge in [0.15, 0.2) is 11.4 Å². The number of phenolic OH excluding ortho intramolecular Hbond substituents is 1. The van der Waals surface area contributed by atoms with Crippen LogP contribution in [0, 0.1) is 11.8 Å². The molecular formula is C25H28N2O8. The molecule has 186 valence electrons. The van der Waals surface area contributed by atoms with Crippen molar-refractivity contribution in [1.82, 2.24) is 0 Å². The second-order valence-electron chi connectivity index (χ2n) is 10.0. The van der Waals surface area contributed by atoms with Gasteiger partial charge in [-0.3, -0.25) is 14.4 Å². The maximum Gasteiger partial charge on any atom is 0.255 e. The molecule has 4 aliphatic rings. The topological polar surface area (TPSA) is 190 Å². The number of aromatic hydroxyl groups is 1. The Labute approximate surface area is 200 Å². The summed E-state index contributed by atoms with van der Waals surface area (Å²) < 4.78 is 0. The molecule has 1 amide bonds. The molecule has 0 aromatic heterocycles. The average molecular weight is 485 g/mol. The van der Waals surface area contributed by atoms with Gasteiger partial charge >= 0.3 is 0 Å². The second-order valence-corrected chi connectivity index (χ2v) is 10.0. The highest BCUT2D eigenvalue weighted by atomic mass is 16.4. The number of primary amides is 1. The summed E-state index contributed by atoms with van der Waals surface area (Å²) in [4.78, 5) is 37.9. The van der Waals surface area contributed by atoms with Crippen molar-refractivity contribution in [1.29, 1.82) is 0 Å². The van der Waals surface area contributed by atoms with Gasteiger partial charge in [0.1, 0.15) is 22.8 Å². The van der Waals surface area contributed by atoms with Crippen molar-refractivity contribution in [3.8, 4) is 5.75 Å². The van der Waals surface area contributed by atoms with Gasteiger partial charge in [-0.05, 0) is 30.4 Å². The zero-order chi connectivity index (χ0) is 25.4. The number of anilines is 1. The number of hydrogen-bond acceptors (Lipinski definition) is 9. The van der Waals surface area contributed by atoms with Crippen molar-refractivity contribution in [2.45, 2.75) is 62.7 Å². The molecule has 8 N–H and O–H groups in total. The number of carbonyl (C=O) groups is 3. The zero-order valence-electron chi connectivity index (χ0n) is 19.1. The molecule has 10 nitrogen and oxygen atoms in total. The summed E-state index contributed by atoms with van der Waals surface area (Å²) in [6.45, 7) is 1.70. The van der Waals surface area contributed by atoms with Crippen LogP contribution in [-0.4, -0.2) is 60.8 Å². The molecule has 5 rings (SSSR count). The van der Waals surface area contributed by atoms with Crippen LogP contribution in [-0.2, 0) is 14.4 Å². The largest absolute Gasteiger partial charge is 0.508 e. The van der Waals surface area contributed by atoms with E-state index < -0.39 is 70.4 Å². The van der Waals surface area contributed by atoms with E-state index in [2.05, 4.69) is 5.32 Å². The zero-order valence-corrected chi connectivity index (χ0v) is 19.1. The predicted molar refractivity (Wildman–Crippen MR) is 123 cm³/mol. The fourth-order valence-corrected chi connectivity index (χ4v) is 6.40. The smallest absolute Gasteiger partial charge is 0.255 e. The van der Waals surface area contributed by atoms with Crippen LogP contribution in [0.5, 0.6) is 5.75 Å². The van der Waals surface area contributed by atoms with Crippen LogP contribution in [0.1, 0.15) is 56.1 Å². The van der Waals surface area contributed by atoms with Crippen LogP contribution in [0.3, 0.4) is 0 Å². The van der Waals surface area contributed by atoms with E-state index in [1.165, 1.54) is 0 Å². The molecular weight excluding hydrogens is 456 g/mol. The molecule has 10 heteroatoms. The van der Waals surface area contributed by atoms with Gasteiger partial charge < -0.3 is 36.6 Å². The minimum absolute atomic E-state index is 0.000160. The Kier molecular flexibility index (Phi) is 5.22. The van der Waals surface area contributed by atoms with Gasteiger partial charge in [0.2, 0.25) is 5.78 Å². The number of benzene rings is 1. The van der Waals surface area contributed by atoms with E-state index in [-0.39, 0.29) is 22.9 Å². The van der Waals surface area contributed by atoms with Crippen molar-refractivity contribution in [2.24, 2.45) is 17.6 Å². The van der Waals surface area contributed by atoms with Gasteiger partial charge in [-0.25, -0.2) is 0 Å². The number of amides is 1. The van der Waals surface area contributed by atoms with Gasteiger partial charge in [-0.15, -0.1) is 0 Å². The molecule has 5 atom stereocenters. The number of nitrogens with two attached hydrogens (primary N) is 1. The molecule has 1 aromatic carbocycles. The highest BCUT2D eigenvalue weighted by molar-refractivity contribution is 6.23. The monoisotopic (exact) mass is 484 g/mol. The van der Waals surface area contributed by atoms with Crippen molar-refractivity contribution in [3.63, 3.8) is 0 Å². The highest BCUT2D eigenvalue weighted by Gasteiger charge is 2.64. The first-order valence-electron chi connectivity index (χ1n) is 11.8. The van der Waals surface area contributed by atoms with Gasteiger partial charge in [-0.1, -0.05) is 25.8 Å². The Morgan fingerprint density at radius 1 is 1.14 bits per heavy atom. The van der Waals surface area contributed by atoms with E-state index in [1.54, 1.807) is 19.1 Å². The third-order valence-electron chi connectivity index (χ3n) is 8.22.